The Morgan fingerprint density at radius 3 is 2.04 bits per heavy atom. The monoisotopic (exact) mass is 343 g/mol. The second-order valence-corrected chi connectivity index (χ2v) is 5.54. The SMILES string of the molecule is N#Cc1ccc(Nc2ccc(NC(=O)COc3ccccc3)cc2)cc1. The van der Waals surface area contributed by atoms with E-state index in [1.54, 1.807) is 24.3 Å². The summed E-state index contributed by atoms with van der Waals surface area (Å²) in [5, 5.41) is 14.8. The number of hydrogen-bond acceptors (Lipinski definition) is 4. The Bertz CT molecular complexity index is 899. The lowest BCUT2D eigenvalue weighted by molar-refractivity contribution is -0.118. The van der Waals surface area contributed by atoms with E-state index in [2.05, 4.69) is 16.7 Å². The summed E-state index contributed by atoms with van der Waals surface area (Å²) in [5.74, 6) is 0.436. The molecule has 0 saturated carbocycles. The Morgan fingerprint density at radius 1 is 0.846 bits per heavy atom. The van der Waals surface area contributed by atoms with Gasteiger partial charge in [-0.15, -0.1) is 0 Å². The van der Waals surface area contributed by atoms with E-state index in [9.17, 15) is 4.79 Å². The van der Waals surface area contributed by atoms with Crippen molar-refractivity contribution in [3.05, 3.63) is 84.4 Å². The molecule has 0 spiro atoms. The molecule has 0 radical (unpaired) electrons. The number of benzene rings is 3. The smallest absolute Gasteiger partial charge is 0.262 e. The molecule has 0 unspecified atom stereocenters. The molecule has 3 aromatic rings. The summed E-state index contributed by atoms with van der Waals surface area (Å²) >= 11 is 0. The van der Waals surface area contributed by atoms with Crippen molar-refractivity contribution in [3.8, 4) is 11.8 Å². The number of ether oxygens (including phenoxy) is 1. The fraction of sp³-hybridized carbons (Fsp3) is 0.0476. The Kier molecular flexibility index (Phi) is 5.48. The summed E-state index contributed by atoms with van der Waals surface area (Å²) < 4.78 is 5.41. The van der Waals surface area contributed by atoms with Crippen LogP contribution in [0.2, 0.25) is 0 Å². The molecule has 26 heavy (non-hydrogen) atoms. The maximum Gasteiger partial charge on any atom is 0.262 e. The molecule has 5 nitrogen and oxygen atoms in total. The number of nitrogens with zero attached hydrogens (tertiary/aromatic N) is 1. The molecule has 128 valence electrons. The first-order valence-electron chi connectivity index (χ1n) is 8.08. The first-order valence-corrected chi connectivity index (χ1v) is 8.08. The van der Waals surface area contributed by atoms with Crippen molar-refractivity contribution in [1.82, 2.24) is 0 Å². The molecule has 0 fully saturated rings. The predicted molar refractivity (Wildman–Crippen MR) is 101 cm³/mol. The topological polar surface area (TPSA) is 74.2 Å². The van der Waals surface area contributed by atoms with Crippen molar-refractivity contribution < 1.29 is 9.53 Å². The molecule has 0 aliphatic rings. The molecule has 0 bridgehead atoms. The van der Waals surface area contributed by atoms with Gasteiger partial charge in [-0.1, -0.05) is 18.2 Å². The lowest BCUT2D eigenvalue weighted by atomic mass is 10.2. The zero-order valence-electron chi connectivity index (χ0n) is 14.0. The van der Waals surface area contributed by atoms with Crippen LogP contribution in [0.25, 0.3) is 0 Å². The molecule has 0 atom stereocenters. The molecule has 3 aromatic carbocycles. The Hall–Kier alpha value is -3.78. The molecule has 0 aromatic heterocycles. The van der Waals surface area contributed by atoms with Crippen LogP contribution in [-0.4, -0.2) is 12.5 Å². The van der Waals surface area contributed by atoms with E-state index in [4.69, 9.17) is 10.00 Å². The van der Waals surface area contributed by atoms with Crippen molar-refractivity contribution in [2.24, 2.45) is 0 Å². The maximum absolute atomic E-state index is 11.9. The van der Waals surface area contributed by atoms with Gasteiger partial charge < -0.3 is 15.4 Å². The third-order valence-electron chi connectivity index (χ3n) is 3.58. The van der Waals surface area contributed by atoms with E-state index in [1.165, 1.54) is 0 Å². The minimum absolute atomic E-state index is 0.0464. The summed E-state index contributed by atoms with van der Waals surface area (Å²) in [6.45, 7) is -0.0464. The van der Waals surface area contributed by atoms with Gasteiger partial charge in [0.1, 0.15) is 5.75 Å². The van der Waals surface area contributed by atoms with Crippen molar-refractivity contribution in [3.63, 3.8) is 0 Å². The molecule has 0 heterocycles. The van der Waals surface area contributed by atoms with Gasteiger partial charge in [-0.3, -0.25) is 4.79 Å². The first-order chi connectivity index (χ1) is 12.7. The van der Waals surface area contributed by atoms with Crippen molar-refractivity contribution in [2.75, 3.05) is 17.2 Å². The van der Waals surface area contributed by atoms with Gasteiger partial charge >= 0.3 is 0 Å². The van der Waals surface area contributed by atoms with E-state index in [0.29, 0.717) is 17.0 Å². The minimum atomic E-state index is -0.221. The number of carbonyl (C=O) groups excluding carboxylic acids is 1. The van der Waals surface area contributed by atoms with Crippen molar-refractivity contribution in [1.29, 1.82) is 5.26 Å². The number of hydrogen-bond donors (Lipinski definition) is 2. The van der Waals surface area contributed by atoms with Crippen LogP contribution in [0, 0.1) is 11.3 Å². The van der Waals surface area contributed by atoms with E-state index in [-0.39, 0.29) is 12.5 Å². The number of carbonyl (C=O) groups is 1. The van der Waals surface area contributed by atoms with E-state index in [1.807, 2.05) is 54.6 Å². The van der Waals surface area contributed by atoms with Crippen LogP contribution in [0.1, 0.15) is 5.56 Å². The van der Waals surface area contributed by atoms with Crippen LogP contribution < -0.4 is 15.4 Å². The summed E-state index contributed by atoms with van der Waals surface area (Å²) in [5.41, 5.74) is 3.08. The van der Waals surface area contributed by atoms with Gasteiger partial charge in [-0.05, 0) is 60.7 Å². The maximum atomic E-state index is 11.9. The van der Waals surface area contributed by atoms with Gasteiger partial charge in [0.15, 0.2) is 6.61 Å². The van der Waals surface area contributed by atoms with Crippen LogP contribution in [0.3, 0.4) is 0 Å². The molecule has 2 N–H and O–H groups in total. The molecular formula is C21H17N3O2. The van der Waals surface area contributed by atoms with Crippen LogP contribution in [0.5, 0.6) is 5.75 Å². The molecule has 5 heteroatoms. The molecule has 3 rings (SSSR count). The molecular weight excluding hydrogens is 326 g/mol. The first kappa shape index (κ1) is 17.1. The number of amides is 1. The summed E-state index contributed by atoms with van der Waals surface area (Å²) in [6, 6.07) is 25.8. The highest BCUT2D eigenvalue weighted by molar-refractivity contribution is 5.92. The number of nitrogens with one attached hydrogen (secondary N) is 2. The van der Waals surface area contributed by atoms with E-state index < -0.39 is 0 Å². The lowest BCUT2D eigenvalue weighted by Gasteiger charge is -2.09. The van der Waals surface area contributed by atoms with E-state index >= 15 is 0 Å². The van der Waals surface area contributed by atoms with Gasteiger partial charge in [-0.25, -0.2) is 0 Å². The molecule has 0 saturated heterocycles. The van der Waals surface area contributed by atoms with Crippen LogP contribution in [0.4, 0.5) is 17.1 Å². The highest BCUT2D eigenvalue weighted by atomic mass is 16.5. The number of para-hydroxylation sites is 1. The fourth-order valence-corrected chi connectivity index (χ4v) is 2.29. The van der Waals surface area contributed by atoms with E-state index in [0.717, 1.165) is 11.4 Å². The number of anilines is 3. The Balaban J connectivity index is 1.52. The summed E-state index contributed by atoms with van der Waals surface area (Å²) in [4.78, 5) is 11.9. The number of nitriles is 1. The van der Waals surface area contributed by atoms with Crippen LogP contribution >= 0.6 is 0 Å². The molecule has 0 aliphatic carbocycles. The highest BCUT2D eigenvalue weighted by Gasteiger charge is 2.04. The number of rotatable bonds is 6. The second kappa shape index (κ2) is 8.36. The average Bonchev–Trinajstić information content (AvgIpc) is 2.69. The third-order valence-corrected chi connectivity index (χ3v) is 3.58. The fourth-order valence-electron chi connectivity index (χ4n) is 2.29. The predicted octanol–water partition coefficient (Wildman–Crippen LogP) is 4.32. The van der Waals surface area contributed by atoms with Gasteiger partial charge in [0, 0.05) is 17.1 Å². The van der Waals surface area contributed by atoms with Crippen molar-refractivity contribution in [2.45, 2.75) is 0 Å². The zero-order valence-corrected chi connectivity index (χ0v) is 14.0. The van der Waals surface area contributed by atoms with Gasteiger partial charge in [0.2, 0.25) is 0 Å². The van der Waals surface area contributed by atoms with Gasteiger partial charge in [-0.2, -0.15) is 5.26 Å². The normalized spacial score (nSPS) is 9.81. The third kappa shape index (κ3) is 4.86. The Labute approximate surface area is 151 Å². The van der Waals surface area contributed by atoms with Crippen LogP contribution in [0.15, 0.2) is 78.9 Å². The standard InChI is InChI=1S/C21H17N3O2/c22-14-16-6-8-17(9-7-16)23-18-10-12-19(13-11-18)24-21(25)15-26-20-4-2-1-3-5-20/h1-13,23H,15H2,(H,24,25). The molecule has 0 aliphatic heterocycles. The summed E-state index contributed by atoms with van der Waals surface area (Å²) in [6.07, 6.45) is 0. The Morgan fingerprint density at radius 2 is 1.42 bits per heavy atom. The second-order valence-electron chi connectivity index (χ2n) is 5.54. The van der Waals surface area contributed by atoms with Gasteiger partial charge in [0.05, 0.1) is 11.6 Å². The van der Waals surface area contributed by atoms with Crippen LogP contribution in [-0.2, 0) is 4.79 Å². The average molecular weight is 343 g/mol. The molecule has 1 amide bonds. The zero-order chi connectivity index (χ0) is 18.2. The minimum Gasteiger partial charge on any atom is -0.484 e. The van der Waals surface area contributed by atoms with Crippen molar-refractivity contribution >= 4 is 23.0 Å². The lowest BCUT2D eigenvalue weighted by Crippen LogP contribution is -2.20. The largest absolute Gasteiger partial charge is 0.484 e. The summed E-state index contributed by atoms with van der Waals surface area (Å²) in [7, 11) is 0. The quantitative estimate of drug-likeness (QED) is 0.699. The van der Waals surface area contributed by atoms with Gasteiger partial charge in [0.25, 0.3) is 5.91 Å². The highest BCUT2D eigenvalue weighted by Crippen LogP contribution is 2.19.